The Labute approximate surface area is 154 Å². The van der Waals surface area contributed by atoms with Crippen molar-refractivity contribution in [3.05, 3.63) is 71.4 Å². The van der Waals surface area contributed by atoms with Crippen molar-refractivity contribution >= 4 is 23.1 Å². The Morgan fingerprint density at radius 3 is 2.44 bits per heavy atom. The molecule has 1 aliphatic heterocycles. The first-order chi connectivity index (χ1) is 12.8. The lowest BCUT2D eigenvalue weighted by Gasteiger charge is -2.23. The number of aliphatic imine (C=N–C) groups is 1. The van der Waals surface area contributed by atoms with Crippen LogP contribution in [0.4, 0.5) is 24.5 Å². The number of anilines is 2. The number of carbonyl (C=O) groups is 1. The molecule has 3 N–H and O–H groups in total. The van der Waals surface area contributed by atoms with E-state index in [2.05, 4.69) is 10.3 Å². The predicted molar refractivity (Wildman–Crippen MR) is 98.8 cm³/mol. The van der Waals surface area contributed by atoms with Crippen LogP contribution in [-0.2, 0) is 6.18 Å². The largest absolute Gasteiger partial charge is 0.416 e. The molecule has 0 radical (unpaired) electrons. The van der Waals surface area contributed by atoms with E-state index in [0.717, 1.165) is 12.1 Å². The standard InChI is InChI=1S/C19H17F3N4O/c1-24-17-13(10-23)11-26(16-5-3-2-4-15(16)25-17)18(27)12-6-8-14(9-7-12)19(20,21)22/h2-10H,11,23H2,1H3,(H,24,25). The molecule has 0 saturated heterocycles. The normalized spacial score (nSPS) is 17.4. The number of carbonyl (C=O) groups excluding carboxylic acids is 1. The van der Waals surface area contributed by atoms with Gasteiger partial charge >= 0.3 is 6.18 Å². The first-order valence-corrected chi connectivity index (χ1v) is 8.08. The summed E-state index contributed by atoms with van der Waals surface area (Å²) in [6.07, 6.45) is -3.10. The van der Waals surface area contributed by atoms with Gasteiger partial charge in [0.25, 0.3) is 5.91 Å². The highest BCUT2D eigenvalue weighted by Gasteiger charge is 2.31. The SMILES string of the molecule is CN=C1Nc2ccccc2N(C(=O)c2ccc(C(F)(F)F)cc2)CC1=CN. The van der Waals surface area contributed by atoms with Crippen molar-refractivity contribution in [2.75, 3.05) is 23.8 Å². The molecule has 1 heterocycles. The fourth-order valence-electron chi connectivity index (χ4n) is 2.82. The number of amidine groups is 1. The monoisotopic (exact) mass is 374 g/mol. The van der Waals surface area contributed by atoms with Crippen molar-refractivity contribution in [1.82, 2.24) is 0 Å². The average Bonchev–Trinajstić information content (AvgIpc) is 2.83. The summed E-state index contributed by atoms with van der Waals surface area (Å²) in [5.74, 6) is 0.0855. The number of rotatable bonds is 1. The predicted octanol–water partition coefficient (Wildman–Crippen LogP) is 3.65. The van der Waals surface area contributed by atoms with Crippen LogP contribution in [0.3, 0.4) is 0 Å². The molecule has 0 spiro atoms. The van der Waals surface area contributed by atoms with Gasteiger partial charge < -0.3 is 16.0 Å². The molecule has 0 atom stereocenters. The molecule has 0 fully saturated rings. The van der Waals surface area contributed by atoms with Gasteiger partial charge in [-0.15, -0.1) is 0 Å². The number of hydrogen-bond donors (Lipinski definition) is 2. The zero-order valence-electron chi connectivity index (χ0n) is 14.4. The maximum atomic E-state index is 13.0. The molecule has 8 heteroatoms. The molecule has 27 heavy (non-hydrogen) atoms. The Hall–Kier alpha value is -3.29. The van der Waals surface area contributed by atoms with Crippen molar-refractivity contribution in [3.63, 3.8) is 0 Å². The van der Waals surface area contributed by atoms with Crippen LogP contribution in [0.5, 0.6) is 0 Å². The molecule has 1 amide bonds. The maximum Gasteiger partial charge on any atom is 0.416 e. The van der Waals surface area contributed by atoms with Crippen LogP contribution in [0, 0.1) is 0 Å². The highest BCUT2D eigenvalue weighted by molar-refractivity contribution is 6.16. The summed E-state index contributed by atoms with van der Waals surface area (Å²) >= 11 is 0. The number of nitrogens with zero attached hydrogens (tertiary/aromatic N) is 2. The first kappa shape index (κ1) is 18.5. The highest BCUT2D eigenvalue weighted by atomic mass is 19.4. The van der Waals surface area contributed by atoms with Gasteiger partial charge in [0, 0.05) is 24.4 Å². The molecule has 0 aliphatic carbocycles. The number of amides is 1. The second-order valence-electron chi connectivity index (χ2n) is 5.87. The number of benzene rings is 2. The van der Waals surface area contributed by atoms with E-state index in [1.165, 1.54) is 23.2 Å². The summed E-state index contributed by atoms with van der Waals surface area (Å²) in [7, 11) is 1.60. The van der Waals surface area contributed by atoms with Crippen molar-refractivity contribution in [3.8, 4) is 0 Å². The van der Waals surface area contributed by atoms with Gasteiger partial charge in [0.2, 0.25) is 0 Å². The van der Waals surface area contributed by atoms with Crippen molar-refractivity contribution in [1.29, 1.82) is 0 Å². The van der Waals surface area contributed by atoms with Gasteiger partial charge in [0.15, 0.2) is 0 Å². The molecule has 0 unspecified atom stereocenters. The van der Waals surface area contributed by atoms with Gasteiger partial charge in [-0.25, -0.2) is 0 Å². The summed E-state index contributed by atoms with van der Waals surface area (Å²) < 4.78 is 38.3. The van der Waals surface area contributed by atoms with Crippen LogP contribution in [0.15, 0.2) is 65.3 Å². The third-order valence-electron chi connectivity index (χ3n) is 4.21. The van der Waals surface area contributed by atoms with Crippen LogP contribution in [0.1, 0.15) is 15.9 Å². The van der Waals surface area contributed by atoms with E-state index in [9.17, 15) is 18.0 Å². The summed E-state index contributed by atoms with van der Waals surface area (Å²) in [6.45, 7) is 0.132. The van der Waals surface area contributed by atoms with Crippen molar-refractivity contribution in [2.45, 2.75) is 6.18 Å². The van der Waals surface area contributed by atoms with Gasteiger partial charge in [0.05, 0.1) is 23.5 Å². The molecule has 140 valence electrons. The third kappa shape index (κ3) is 3.64. The van der Waals surface area contributed by atoms with Crippen LogP contribution in [0.25, 0.3) is 0 Å². The molecular weight excluding hydrogens is 357 g/mol. The second-order valence-corrected chi connectivity index (χ2v) is 5.87. The quantitative estimate of drug-likeness (QED) is 0.801. The molecule has 3 rings (SSSR count). The molecule has 0 bridgehead atoms. The second kappa shape index (κ2) is 7.14. The topological polar surface area (TPSA) is 70.7 Å². The van der Waals surface area contributed by atoms with Gasteiger partial charge in [-0.05, 0) is 36.4 Å². The van der Waals surface area contributed by atoms with Gasteiger partial charge in [-0.3, -0.25) is 9.79 Å². The minimum atomic E-state index is -4.46. The lowest BCUT2D eigenvalue weighted by Crippen LogP contribution is -2.33. The highest BCUT2D eigenvalue weighted by Crippen LogP contribution is 2.32. The van der Waals surface area contributed by atoms with Crippen LogP contribution < -0.4 is 16.0 Å². The summed E-state index contributed by atoms with van der Waals surface area (Å²) in [5.41, 5.74) is 6.86. The van der Waals surface area contributed by atoms with E-state index in [4.69, 9.17) is 5.73 Å². The Morgan fingerprint density at radius 1 is 1.19 bits per heavy atom. The summed E-state index contributed by atoms with van der Waals surface area (Å²) in [6, 6.07) is 11.2. The minimum Gasteiger partial charge on any atom is -0.404 e. The van der Waals surface area contributed by atoms with Crippen LogP contribution >= 0.6 is 0 Å². The Bertz CT molecular complexity index is 917. The van der Waals surface area contributed by atoms with E-state index in [-0.39, 0.29) is 12.1 Å². The van der Waals surface area contributed by atoms with Gasteiger partial charge in [-0.2, -0.15) is 13.2 Å². The molecular formula is C19H17F3N4O. The Morgan fingerprint density at radius 2 is 1.85 bits per heavy atom. The number of hydrogen-bond acceptors (Lipinski definition) is 3. The maximum absolute atomic E-state index is 13.0. The van der Waals surface area contributed by atoms with Crippen LogP contribution in [0.2, 0.25) is 0 Å². The summed E-state index contributed by atoms with van der Waals surface area (Å²) in [4.78, 5) is 18.7. The van der Waals surface area contributed by atoms with E-state index < -0.39 is 17.6 Å². The number of nitrogens with one attached hydrogen (secondary N) is 1. The lowest BCUT2D eigenvalue weighted by atomic mass is 10.1. The summed E-state index contributed by atoms with van der Waals surface area (Å²) in [5, 5.41) is 3.13. The van der Waals surface area contributed by atoms with Gasteiger partial charge in [-0.1, -0.05) is 12.1 Å². The first-order valence-electron chi connectivity index (χ1n) is 8.08. The number of para-hydroxylation sites is 2. The number of fused-ring (bicyclic) bond motifs is 1. The van der Waals surface area contributed by atoms with Crippen molar-refractivity contribution in [2.24, 2.45) is 10.7 Å². The van der Waals surface area contributed by atoms with E-state index in [1.54, 1.807) is 31.3 Å². The smallest absolute Gasteiger partial charge is 0.404 e. The number of nitrogens with two attached hydrogens (primary N) is 1. The van der Waals surface area contributed by atoms with E-state index in [1.807, 2.05) is 0 Å². The molecule has 1 aliphatic rings. The number of alkyl halides is 3. The third-order valence-corrected chi connectivity index (χ3v) is 4.21. The van der Waals surface area contributed by atoms with E-state index in [0.29, 0.717) is 22.8 Å². The Kier molecular flexibility index (Phi) is 4.89. The molecule has 0 aromatic heterocycles. The number of halogens is 3. The average molecular weight is 374 g/mol. The lowest BCUT2D eigenvalue weighted by molar-refractivity contribution is -0.137. The Balaban J connectivity index is 2.02. The molecule has 2 aromatic carbocycles. The molecule has 2 aromatic rings. The zero-order valence-corrected chi connectivity index (χ0v) is 14.4. The fraction of sp³-hybridized carbons (Fsp3) is 0.158. The van der Waals surface area contributed by atoms with Crippen molar-refractivity contribution < 1.29 is 18.0 Å². The molecule has 5 nitrogen and oxygen atoms in total. The minimum absolute atomic E-state index is 0.132. The van der Waals surface area contributed by atoms with Gasteiger partial charge in [0.1, 0.15) is 5.84 Å². The van der Waals surface area contributed by atoms with E-state index >= 15 is 0 Å². The zero-order chi connectivity index (χ0) is 19.6. The molecule has 0 saturated carbocycles. The van der Waals surface area contributed by atoms with Crippen LogP contribution in [-0.4, -0.2) is 25.3 Å². The fourth-order valence-corrected chi connectivity index (χ4v) is 2.82.